The summed E-state index contributed by atoms with van der Waals surface area (Å²) in [4.78, 5) is 10.5. The molecule has 152 valence electrons. The Morgan fingerprint density at radius 3 is 2.48 bits per heavy atom. The highest BCUT2D eigenvalue weighted by Gasteiger charge is 2.26. The molecule has 1 aliphatic rings. The zero-order chi connectivity index (χ0) is 19.7. The van der Waals surface area contributed by atoms with Gasteiger partial charge in [0.1, 0.15) is 12.7 Å². The van der Waals surface area contributed by atoms with E-state index in [0.29, 0.717) is 16.6 Å². The topological polar surface area (TPSA) is 52.0 Å². The Morgan fingerprint density at radius 2 is 1.79 bits per heavy atom. The molecule has 0 spiro atoms. The molecule has 5 nitrogen and oxygen atoms in total. The van der Waals surface area contributed by atoms with Gasteiger partial charge in [0.25, 0.3) is 11.5 Å². The SMILES string of the molecule is Br.O=[N+]([O-])c1ccc(C[n+]2cc(-c3ccc(Cl)c(Cl)c3)n3c2CCCCC3)cc1. The number of nitro benzene ring substituents is 1. The number of rotatable bonds is 4. The number of aromatic nitrogens is 2. The lowest BCUT2D eigenvalue weighted by Gasteiger charge is -2.04. The highest BCUT2D eigenvalue weighted by molar-refractivity contribution is 8.93. The van der Waals surface area contributed by atoms with E-state index >= 15 is 0 Å². The Kier molecular flexibility index (Phi) is 6.98. The summed E-state index contributed by atoms with van der Waals surface area (Å²) in [7, 11) is 0. The first-order valence-corrected chi connectivity index (χ1v) is 10.1. The van der Waals surface area contributed by atoms with Crippen molar-refractivity contribution in [3.8, 4) is 11.3 Å². The Labute approximate surface area is 189 Å². The van der Waals surface area contributed by atoms with Crippen LogP contribution in [0.4, 0.5) is 5.69 Å². The second kappa shape index (κ2) is 9.28. The van der Waals surface area contributed by atoms with Gasteiger partial charge in [0.15, 0.2) is 5.69 Å². The number of hydrogen-bond donors (Lipinski definition) is 0. The highest BCUT2D eigenvalue weighted by atomic mass is 79.9. The molecule has 2 heterocycles. The van der Waals surface area contributed by atoms with Crippen LogP contribution in [-0.4, -0.2) is 9.49 Å². The molecule has 0 amide bonds. The van der Waals surface area contributed by atoms with Crippen molar-refractivity contribution >= 4 is 45.9 Å². The summed E-state index contributed by atoms with van der Waals surface area (Å²) in [5.74, 6) is 1.27. The minimum absolute atomic E-state index is 0. The summed E-state index contributed by atoms with van der Waals surface area (Å²) >= 11 is 12.3. The molecule has 0 bridgehead atoms. The van der Waals surface area contributed by atoms with Crippen LogP contribution < -0.4 is 4.57 Å². The predicted octanol–water partition coefficient (Wildman–Crippen LogP) is 6.01. The van der Waals surface area contributed by atoms with Gasteiger partial charge in [-0.1, -0.05) is 23.2 Å². The summed E-state index contributed by atoms with van der Waals surface area (Å²) in [6, 6.07) is 12.5. The fourth-order valence-corrected chi connectivity index (χ4v) is 4.08. The number of imidazole rings is 1. The van der Waals surface area contributed by atoms with Gasteiger partial charge < -0.3 is 0 Å². The third-order valence-corrected chi connectivity index (χ3v) is 5.95. The summed E-state index contributed by atoms with van der Waals surface area (Å²) < 4.78 is 4.63. The van der Waals surface area contributed by atoms with Gasteiger partial charge in [0, 0.05) is 24.1 Å². The number of nitrogens with zero attached hydrogens (tertiary/aromatic N) is 3. The zero-order valence-corrected chi connectivity index (χ0v) is 18.9. The lowest BCUT2D eigenvalue weighted by atomic mass is 10.1. The van der Waals surface area contributed by atoms with Crippen molar-refractivity contribution in [3.63, 3.8) is 0 Å². The van der Waals surface area contributed by atoms with Gasteiger partial charge in [-0.25, -0.2) is 9.13 Å². The molecule has 4 rings (SSSR count). The molecule has 8 heteroatoms. The lowest BCUT2D eigenvalue weighted by Crippen LogP contribution is -2.37. The molecule has 0 saturated heterocycles. The molecular weight excluding hydrogens is 477 g/mol. The van der Waals surface area contributed by atoms with Crippen LogP contribution in [0.25, 0.3) is 11.3 Å². The number of hydrogen-bond acceptors (Lipinski definition) is 2. The van der Waals surface area contributed by atoms with Crippen molar-refractivity contribution in [1.82, 2.24) is 4.57 Å². The van der Waals surface area contributed by atoms with Gasteiger partial charge in [-0.05, 0) is 55.2 Å². The predicted molar refractivity (Wildman–Crippen MR) is 120 cm³/mol. The Morgan fingerprint density at radius 1 is 1.03 bits per heavy atom. The van der Waals surface area contributed by atoms with Gasteiger partial charge >= 0.3 is 0 Å². The zero-order valence-electron chi connectivity index (χ0n) is 15.7. The normalized spacial score (nSPS) is 13.3. The molecule has 0 fully saturated rings. The first kappa shape index (κ1) is 21.8. The van der Waals surface area contributed by atoms with E-state index in [1.54, 1.807) is 12.1 Å². The molecule has 29 heavy (non-hydrogen) atoms. The van der Waals surface area contributed by atoms with Crippen LogP contribution >= 0.6 is 40.2 Å². The molecule has 1 aromatic heterocycles. The quantitative estimate of drug-likeness (QED) is 0.252. The van der Waals surface area contributed by atoms with E-state index < -0.39 is 0 Å². The van der Waals surface area contributed by atoms with Crippen molar-refractivity contribution in [2.75, 3.05) is 0 Å². The van der Waals surface area contributed by atoms with Crippen LogP contribution in [0.5, 0.6) is 0 Å². The van der Waals surface area contributed by atoms with Crippen LogP contribution in [0.3, 0.4) is 0 Å². The van der Waals surface area contributed by atoms with E-state index in [9.17, 15) is 10.1 Å². The molecule has 0 radical (unpaired) electrons. The highest BCUT2D eigenvalue weighted by Crippen LogP contribution is 2.30. The number of fused-ring (bicyclic) bond motifs is 1. The van der Waals surface area contributed by atoms with Crippen molar-refractivity contribution in [2.24, 2.45) is 0 Å². The van der Waals surface area contributed by atoms with Crippen molar-refractivity contribution < 1.29 is 9.49 Å². The Balaban J connectivity index is 0.00000240. The number of nitro groups is 1. The molecule has 1 aliphatic heterocycles. The fraction of sp³-hybridized carbons (Fsp3) is 0.286. The second-order valence-electron chi connectivity index (χ2n) is 7.07. The van der Waals surface area contributed by atoms with E-state index in [4.69, 9.17) is 23.2 Å². The summed E-state index contributed by atoms with van der Waals surface area (Å²) in [6.45, 7) is 1.65. The molecular formula is C21H21BrCl2N3O2+. The van der Waals surface area contributed by atoms with Crippen LogP contribution in [0.1, 0.15) is 30.7 Å². The lowest BCUT2D eigenvalue weighted by molar-refractivity contribution is -0.695. The third kappa shape index (κ3) is 4.65. The van der Waals surface area contributed by atoms with E-state index in [2.05, 4.69) is 15.3 Å². The maximum atomic E-state index is 10.9. The van der Waals surface area contributed by atoms with Gasteiger partial charge in [-0.2, -0.15) is 0 Å². The largest absolute Gasteiger partial charge is 0.269 e. The minimum atomic E-state index is -0.371. The smallest absolute Gasteiger partial charge is 0.258 e. The molecule has 0 N–H and O–H groups in total. The molecule has 3 aromatic rings. The van der Waals surface area contributed by atoms with Gasteiger partial charge in [0.05, 0.1) is 21.5 Å². The van der Waals surface area contributed by atoms with Crippen molar-refractivity contribution in [3.05, 3.63) is 80.2 Å². The molecule has 0 atom stereocenters. The van der Waals surface area contributed by atoms with Crippen LogP contribution in [0.2, 0.25) is 10.0 Å². The summed E-state index contributed by atoms with van der Waals surface area (Å²) in [6.07, 6.45) is 6.68. The molecule has 0 aliphatic carbocycles. The Bertz CT molecular complexity index is 1040. The second-order valence-corrected chi connectivity index (χ2v) is 7.89. The van der Waals surface area contributed by atoms with Gasteiger partial charge in [0.2, 0.25) is 0 Å². The van der Waals surface area contributed by atoms with E-state index in [0.717, 1.165) is 42.6 Å². The monoisotopic (exact) mass is 496 g/mol. The molecule has 0 saturated carbocycles. The maximum Gasteiger partial charge on any atom is 0.269 e. The summed E-state index contributed by atoms with van der Waals surface area (Å²) in [5, 5.41) is 12.0. The van der Waals surface area contributed by atoms with Gasteiger partial charge in [-0.15, -0.1) is 17.0 Å². The molecule has 0 unspecified atom stereocenters. The first-order chi connectivity index (χ1) is 13.5. The van der Waals surface area contributed by atoms with E-state index in [1.807, 2.05) is 30.3 Å². The fourth-order valence-electron chi connectivity index (χ4n) is 3.79. The van der Waals surface area contributed by atoms with E-state index in [1.165, 1.54) is 12.2 Å². The van der Waals surface area contributed by atoms with Crippen LogP contribution in [-0.2, 0) is 19.5 Å². The molecule has 2 aromatic carbocycles. The van der Waals surface area contributed by atoms with Crippen molar-refractivity contribution in [2.45, 2.75) is 38.8 Å². The number of benzene rings is 2. The van der Waals surface area contributed by atoms with Gasteiger partial charge in [-0.3, -0.25) is 10.1 Å². The average Bonchev–Trinajstić information content (AvgIpc) is 2.86. The van der Waals surface area contributed by atoms with Crippen molar-refractivity contribution in [1.29, 1.82) is 0 Å². The Hall–Kier alpha value is -1.89. The third-order valence-electron chi connectivity index (χ3n) is 5.21. The first-order valence-electron chi connectivity index (χ1n) is 9.33. The van der Waals surface area contributed by atoms with Crippen LogP contribution in [0.15, 0.2) is 48.7 Å². The summed E-state index contributed by atoms with van der Waals surface area (Å²) in [5.41, 5.74) is 3.31. The minimum Gasteiger partial charge on any atom is -0.258 e. The van der Waals surface area contributed by atoms with E-state index in [-0.39, 0.29) is 27.6 Å². The number of halogens is 3. The van der Waals surface area contributed by atoms with Crippen LogP contribution in [0, 0.1) is 10.1 Å². The standard InChI is InChI=1S/C21H20Cl2N3O2.BrH/c22-18-10-7-16(12-19(18)23)20-14-24(21-4-2-1-3-11-25(20)21)13-15-5-8-17(9-6-15)26(27)28;/h5-10,12,14H,1-4,11,13H2;1H/q+1;. The number of non-ortho nitro benzene ring substituents is 1. The average molecular weight is 498 g/mol. The maximum absolute atomic E-state index is 10.9.